The van der Waals surface area contributed by atoms with Crippen LogP contribution in [-0.4, -0.2) is 70.4 Å². The number of fused-ring (bicyclic) bond motifs is 1. The van der Waals surface area contributed by atoms with E-state index in [1.807, 2.05) is 19.1 Å². The Morgan fingerprint density at radius 1 is 1.37 bits per heavy atom. The average Bonchev–Trinajstić information content (AvgIpc) is 3.22. The van der Waals surface area contributed by atoms with E-state index in [0.717, 1.165) is 61.6 Å². The Morgan fingerprint density at radius 2 is 2.19 bits per heavy atom. The monoisotopic (exact) mass is 372 g/mol. The van der Waals surface area contributed by atoms with Crippen LogP contribution in [0.25, 0.3) is 11.0 Å². The molecule has 3 atom stereocenters. The van der Waals surface area contributed by atoms with Crippen LogP contribution in [0.3, 0.4) is 0 Å². The first kappa shape index (κ1) is 18.4. The summed E-state index contributed by atoms with van der Waals surface area (Å²) >= 11 is 0. The Morgan fingerprint density at radius 3 is 3.00 bits per heavy atom. The number of carbonyl (C=O) groups is 1. The summed E-state index contributed by atoms with van der Waals surface area (Å²) in [6.07, 6.45) is 2.34. The molecule has 2 fully saturated rings. The standard InChI is InChI=1S/C20H28N4O3/c1-13-21-15-4-2-14(12-17(15)22-13)3-7-19(25)23-16-5-6-18(20(16)26)24-8-10-27-11-9-24/h2,4,12,16,18,20,26H,3,5-11H2,1H3,(H,21,22)(H,23,25)/t16-,18-,20-/m1/s1. The third-order valence-corrected chi connectivity index (χ3v) is 5.75. The zero-order valence-corrected chi connectivity index (χ0v) is 15.8. The molecular formula is C20H28N4O3. The van der Waals surface area contributed by atoms with Crippen LogP contribution in [0, 0.1) is 6.92 Å². The lowest BCUT2D eigenvalue weighted by Crippen LogP contribution is -2.51. The van der Waals surface area contributed by atoms with E-state index in [1.165, 1.54) is 0 Å². The number of nitrogens with one attached hydrogen (secondary N) is 2. The van der Waals surface area contributed by atoms with Crippen LogP contribution in [0.1, 0.15) is 30.7 Å². The van der Waals surface area contributed by atoms with Crippen LogP contribution in [-0.2, 0) is 16.0 Å². The highest BCUT2D eigenvalue weighted by Gasteiger charge is 2.39. The SMILES string of the molecule is Cc1nc2ccc(CCC(=O)N[C@@H]3CC[C@@H](N4CCOCC4)[C@@H]3O)cc2[nH]1. The first-order valence-electron chi connectivity index (χ1n) is 9.84. The second kappa shape index (κ2) is 7.96. The number of rotatable bonds is 5. The van der Waals surface area contributed by atoms with E-state index in [1.54, 1.807) is 0 Å². The van der Waals surface area contributed by atoms with Gasteiger partial charge in [-0.1, -0.05) is 6.07 Å². The van der Waals surface area contributed by atoms with Crippen LogP contribution < -0.4 is 5.32 Å². The van der Waals surface area contributed by atoms with Crippen molar-refractivity contribution >= 4 is 16.9 Å². The van der Waals surface area contributed by atoms with E-state index in [0.29, 0.717) is 12.8 Å². The van der Waals surface area contributed by atoms with Gasteiger partial charge in [-0.25, -0.2) is 4.98 Å². The van der Waals surface area contributed by atoms with Crippen molar-refractivity contribution in [1.82, 2.24) is 20.2 Å². The largest absolute Gasteiger partial charge is 0.389 e. The molecule has 0 spiro atoms. The molecule has 1 aliphatic carbocycles. The van der Waals surface area contributed by atoms with Gasteiger partial charge in [0.15, 0.2) is 0 Å². The normalized spacial score (nSPS) is 26.5. The smallest absolute Gasteiger partial charge is 0.220 e. The number of aliphatic hydroxyl groups is 1. The molecule has 1 aromatic carbocycles. The Labute approximate surface area is 159 Å². The molecule has 2 heterocycles. The number of amides is 1. The van der Waals surface area contributed by atoms with Gasteiger partial charge >= 0.3 is 0 Å². The van der Waals surface area contributed by atoms with Gasteiger partial charge in [-0.05, 0) is 43.9 Å². The number of aromatic nitrogens is 2. The number of imidazole rings is 1. The highest BCUT2D eigenvalue weighted by atomic mass is 16.5. The predicted molar refractivity (Wildman–Crippen MR) is 103 cm³/mol. The molecule has 1 aliphatic heterocycles. The summed E-state index contributed by atoms with van der Waals surface area (Å²) in [6.45, 7) is 5.10. The third kappa shape index (κ3) is 4.15. The Bertz CT molecular complexity index is 800. The average molecular weight is 372 g/mol. The number of aryl methyl sites for hydroxylation is 2. The molecule has 1 amide bonds. The lowest BCUT2D eigenvalue weighted by molar-refractivity contribution is -0.122. The molecule has 27 heavy (non-hydrogen) atoms. The number of nitrogens with zero attached hydrogens (tertiary/aromatic N) is 2. The zero-order chi connectivity index (χ0) is 18.8. The fourth-order valence-electron chi connectivity index (χ4n) is 4.30. The molecule has 0 bridgehead atoms. The number of H-pyrrole nitrogens is 1. The number of hydrogen-bond acceptors (Lipinski definition) is 5. The number of benzene rings is 1. The van der Waals surface area contributed by atoms with Gasteiger partial charge in [0.05, 0.1) is 36.4 Å². The van der Waals surface area contributed by atoms with E-state index in [4.69, 9.17) is 4.74 Å². The highest BCUT2D eigenvalue weighted by Crippen LogP contribution is 2.26. The summed E-state index contributed by atoms with van der Waals surface area (Å²) < 4.78 is 5.39. The number of aliphatic hydroxyl groups excluding tert-OH is 1. The highest BCUT2D eigenvalue weighted by molar-refractivity contribution is 5.78. The fourth-order valence-corrected chi connectivity index (χ4v) is 4.30. The maximum Gasteiger partial charge on any atom is 0.220 e. The van der Waals surface area contributed by atoms with Gasteiger partial charge in [0.2, 0.25) is 5.91 Å². The fraction of sp³-hybridized carbons (Fsp3) is 0.600. The van der Waals surface area contributed by atoms with Crippen molar-refractivity contribution < 1.29 is 14.6 Å². The van der Waals surface area contributed by atoms with E-state index >= 15 is 0 Å². The summed E-state index contributed by atoms with van der Waals surface area (Å²) in [5, 5.41) is 13.7. The van der Waals surface area contributed by atoms with Crippen molar-refractivity contribution in [3.05, 3.63) is 29.6 Å². The molecule has 1 aromatic heterocycles. The first-order chi connectivity index (χ1) is 13.1. The van der Waals surface area contributed by atoms with E-state index in [2.05, 4.69) is 26.3 Å². The van der Waals surface area contributed by atoms with Gasteiger partial charge in [-0.2, -0.15) is 0 Å². The van der Waals surface area contributed by atoms with Crippen molar-refractivity contribution in [3.63, 3.8) is 0 Å². The second-order valence-corrected chi connectivity index (χ2v) is 7.63. The van der Waals surface area contributed by atoms with E-state index in [9.17, 15) is 9.90 Å². The minimum absolute atomic E-state index is 0.00238. The molecule has 7 heteroatoms. The van der Waals surface area contributed by atoms with Crippen molar-refractivity contribution in [3.8, 4) is 0 Å². The van der Waals surface area contributed by atoms with Crippen LogP contribution in [0.4, 0.5) is 0 Å². The summed E-state index contributed by atoms with van der Waals surface area (Å²) in [5.74, 6) is 0.896. The van der Waals surface area contributed by atoms with Gasteiger partial charge in [0, 0.05) is 25.6 Å². The number of hydrogen-bond donors (Lipinski definition) is 3. The molecule has 2 aliphatic rings. The molecule has 1 saturated heterocycles. The van der Waals surface area contributed by atoms with Crippen LogP contribution in [0.15, 0.2) is 18.2 Å². The summed E-state index contributed by atoms with van der Waals surface area (Å²) in [7, 11) is 0. The minimum Gasteiger partial charge on any atom is -0.389 e. The zero-order valence-electron chi connectivity index (χ0n) is 15.8. The first-order valence-corrected chi connectivity index (χ1v) is 9.84. The number of aromatic amines is 1. The quantitative estimate of drug-likeness (QED) is 0.732. The Kier molecular flexibility index (Phi) is 5.43. The number of morpholine rings is 1. The molecule has 0 radical (unpaired) electrons. The lowest BCUT2D eigenvalue weighted by atomic mass is 10.1. The van der Waals surface area contributed by atoms with Gasteiger partial charge < -0.3 is 20.1 Å². The summed E-state index contributed by atoms with van der Waals surface area (Å²) in [5.41, 5.74) is 3.06. The van der Waals surface area contributed by atoms with Crippen LogP contribution in [0.5, 0.6) is 0 Å². The van der Waals surface area contributed by atoms with Crippen LogP contribution >= 0.6 is 0 Å². The maximum absolute atomic E-state index is 12.4. The van der Waals surface area contributed by atoms with E-state index in [-0.39, 0.29) is 18.0 Å². The number of ether oxygens (including phenoxy) is 1. The molecule has 4 rings (SSSR count). The number of carbonyl (C=O) groups excluding carboxylic acids is 1. The predicted octanol–water partition coefficient (Wildman–Crippen LogP) is 1.14. The third-order valence-electron chi connectivity index (χ3n) is 5.75. The Balaban J connectivity index is 1.28. The molecule has 1 saturated carbocycles. The summed E-state index contributed by atoms with van der Waals surface area (Å²) in [6, 6.07) is 6.05. The van der Waals surface area contributed by atoms with E-state index < -0.39 is 6.10 Å². The molecule has 7 nitrogen and oxygen atoms in total. The minimum atomic E-state index is -0.503. The molecular weight excluding hydrogens is 344 g/mol. The lowest BCUT2D eigenvalue weighted by Gasteiger charge is -2.34. The summed E-state index contributed by atoms with van der Waals surface area (Å²) in [4.78, 5) is 22.3. The van der Waals surface area contributed by atoms with Gasteiger partial charge in [-0.15, -0.1) is 0 Å². The molecule has 146 valence electrons. The topological polar surface area (TPSA) is 90.5 Å². The van der Waals surface area contributed by atoms with Gasteiger partial charge in [0.25, 0.3) is 0 Å². The van der Waals surface area contributed by atoms with Gasteiger partial charge in [0.1, 0.15) is 5.82 Å². The van der Waals surface area contributed by atoms with Crippen LogP contribution in [0.2, 0.25) is 0 Å². The van der Waals surface area contributed by atoms with Crippen molar-refractivity contribution in [2.45, 2.75) is 50.8 Å². The maximum atomic E-state index is 12.4. The molecule has 3 N–H and O–H groups in total. The Hall–Kier alpha value is -1.96. The van der Waals surface area contributed by atoms with Crippen molar-refractivity contribution in [1.29, 1.82) is 0 Å². The van der Waals surface area contributed by atoms with Crippen molar-refractivity contribution in [2.24, 2.45) is 0 Å². The molecule has 2 aromatic rings. The second-order valence-electron chi connectivity index (χ2n) is 7.63. The molecule has 0 unspecified atom stereocenters. The van der Waals surface area contributed by atoms with Gasteiger partial charge in [-0.3, -0.25) is 9.69 Å². The van der Waals surface area contributed by atoms with Crippen molar-refractivity contribution in [2.75, 3.05) is 26.3 Å².